The van der Waals surface area contributed by atoms with Crippen molar-refractivity contribution in [1.29, 1.82) is 0 Å². The third kappa shape index (κ3) is 2.74. The van der Waals surface area contributed by atoms with E-state index in [4.69, 9.17) is 0 Å². The fraction of sp³-hybridized carbons (Fsp3) is 1.00. The van der Waals surface area contributed by atoms with Crippen molar-refractivity contribution in [3.63, 3.8) is 0 Å². The molecule has 0 heterocycles. The molecule has 86 valence electrons. The molecule has 0 heteroatoms. The molecule has 0 aliphatic carbocycles. The van der Waals surface area contributed by atoms with Crippen LogP contribution >= 0.6 is 0 Å². The van der Waals surface area contributed by atoms with Gasteiger partial charge in [0.25, 0.3) is 0 Å². The van der Waals surface area contributed by atoms with E-state index in [-0.39, 0.29) is 0 Å². The van der Waals surface area contributed by atoms with E-state index in [0.717, 1.165) is 5.92 Å². The monoisotopic (exact) mass is 198 g/mol. The lowest BCUT2D eigenvalue weighted by Gasteiger charge is -2.52. The van der Waals surface area contributed by atoms with E-state index < -0.39 is 0 Å². The van der Waals surface area contributed by atoms with E-state index in [2.05, 4.69) is 62.3 Å². The lowest BCUT2D eigenvalue weighted by molar-refractivity contribution is -0.0322. The average Bonchev–Trinajstić information content (AvgIpc) is 1.79. The summed E-state index contributed by atoms with van der Waals surface area (Å²) in [6, 6.07) is 0. The maximum Gasteiger partial charge on any atom is -0.0226 e. The molecule has 0 spiro atoms. The Morgan fingerprint density at radius 1 is 0.714 bits per heavy atom. The minimum absolute atomic E-state index is 0.371. The highest BCUT2D eigenvalue weighted by atomic mass is 14.5. The molecule has 0 radical (unpaired) electrons. The van der Waals surface area contributed by atoms with Crippen molar-refractivity contribution in [2.75, 3.05) is 0 Å². The van der Waals surface area contributed by atoms with E-state index in [9.17, 15) is 0 Å². The van der Waals surface area contributed by atoms with Crippen LogP contribution in [-0.4, -0.2) is 0 Å². The predicted molar refractivity (Wildman–Crippen MR) is 66.5 cm³/mol. The fourth-order valence-corrected chi connectivity index (χ4v) is 2.55. The molecule has 0 nitrogen and oxygen atoms in total. The standard InChI is InChI=1S/C14H30/c1-11(2)10-14(9,12(3,4)5)13(6,7)8/h11H,10H2,1-9H3. The number of hydrogen-bond donors (Lipinski definition) is 0. The second-order valence-electron chi connectivity index (χ2n) is 7.43. The van der Waals surface area contributed by atoms with Crippen molar-refractivity contribution in [2.45, 2.75) is 68.7 Å². The van der Waals surface area contributed by atoms with Crippen molar-refractivity contribution in [3.05, 3.63) is 0 Å². The summed E-state index contributed by atoms with van der Waals surface area (Å²) < 4.78 is 0. The molecule has 0 N–H and O–H groups in total. The molecule has 0 saturated heterocycles. The van der Waals surface area contributed by atoms with Crippen LogP contribution in [0.15, 0.2) is 0 Å². The Bertz CT molecular complexity index is 159. The van der Waals surface area contributed by atoms with Crippen LogP contribution in [0.2, 0.25) is 0 Å². The molecule has 0 aromatic carbocycles. The maximum absolute atomic E-state index is 2.45. The van der Waals surface area contributed by atoms with E-state index in [1.807, 2.05) is 0 Å². The Morgan fingerprint density at radius 3 is 1.07 bits per heavy atom. The first-order chi connectivity index (χ1) is 5.92. The third-order valence-electron chi connectivity index (χ3n) is 4.13. The normalized spacial score (nSPS) is 15.0. The first kappa shape index (κ1) is 14.0. The summed E-state index contributed by atoms with van der Waals surface area (Å²) in [5.74, 6) is 0.776. The highest BCUT2D eigenvalue weighted by Crippen LogP contribution is 2.54. The van der Waals surface area contributed by atoms with Crippen LogP contribution in [-0.2, 0) is 0 Å². The molecular weight excluding hydrogens is 168 g/mol. The highest BCUT2D eigenvalue weighted by molar-refractivity contribution is 4.95. The van der Waals surface area contributed by atoms with Crippen LogP contribution in [0, 0.1) is 22.2 Å². The van der Waals surface area contributed by atoms with Gasteiger partial charge in [0.05, 0.1) is 0 Å². The van der Waals surface area contributed by atoms with Crippen LogP contribution in [0.25, 0.3) is 0 Å². The van der Waals surface area contributed by atoms with Crippen molar-refractivity contribution < 1.29 is 0 Å². The summed E-state index contributed by atoms with van der Waals surface area (Å²) >= 11 is 0. The second kappa shape index (κ2) is 3.87. The Morgan fingerprint density at radius 2 is 1.00 bits per heavy atom. The molecule has 0 aromatic heterocycles. The lowest BCUT2D eigenvalue weighted by atomic mass is 9.52. The van der Waals surface area contributed by atoms with Gasteiger partial charge in [0.1, 0.15) is 0 Å². The van der Waals surface area contributed by atoms with Gasteiger partial charge in [0.15, 0.2) is 0 Å². The Kier molecular flexibility index (Phi) is 3.87. The molecule has 0 aromatic rings. The van der Waals surface area contributed by atoms with E-state index in [1.165, 1.54) is 6.42 Å². The van der Waals surface area contributed by atoms with E-state index in [1.54, 1.807) is 0 Å². The van der Waals surface area contributed by atoms with Gasteiger partial charge in [-0.05, 0) is 28.6 Å². The Labute approximate surface area is 91.5 Å². The van der Waals surface area contributed by atoms with Gasteiger partial charge in [-0.3, -0.25) is 0 Å². The summed E-state index contributed by atoms with van der Waals surface area (Å²) in [5, 5.41) is 0. The minimum atomic E-state index is 0.371. The van der Waals surface area contributed by atoms with Crippen LogP contribution < -0.4 is 0 Å². The van der Waals surface area contributed by atoms with Gasteiger partial charge in [-0.15, -0.1) is 0 Å². The first-order valence-corrected chi connectivity index (χ1v) is 5.92. The van der Waals surface area contributed by atoms with Crippen LogP contribution in [0.3, 0.4) is 0 Å². The summed E-state index contributed by atoms with van der Waals surface area (Å²) in [6.07, 6.45) is 1.31. The molecule has 0 amide bonds. The zero-order valence-electron chi connectivity index (χ0n) is 11.8. The Hall–Kier alpha value is 0. The van der Waals surface area contributed by atoms with Gasteiger partial charge in [-0.25, -0.2) is 0 Å². The van der Waals surface area contributed by atoms with Gasteiger partial charge < -0.3 is 0 Å². The molecule has 14 heavy (non-hydrogen) atoms. The maximum atomic E-state index is 2.45. The van der Waals surface area contributed by atoms with E-state index >= 15 is 0 Å². The van der Waals surface area contributed by atoms with E-state index in [0.29, 0.717) is 16.2 Å². The van der Waals surface area contributed by atoms with Gasteiger partial charge in [-0.1, -0.05) is 62.3 Å². The largest absolute Gasteiger partial charge is 0.0628 e. The zero-order valence-corrected chi connectivity index (χ0v) is 11.8. The third-order valence-corrected chi connectivity index (χ3v) is 4.13. The quantitative estimate of drug-likeness (QED) is 0.577. The van der Waals surface area contributed by atoms with Crippen molar-refractivity contribution in [2.24, 2.45) is 22.2 Å². The summed E-state index contributed by atoms with van der Waals surface area (Å²) in [4.78, 5) is 0. The minimum Gasteiger partial charge on any atom is -0.0628 e. The molecule has 0 rings (SSSR count). The number of rotatable bonds is 2. The summed E-state index contributed by atoms with van der Waals surface area (Å²) in [7, 11) is 0. The number of hydrogen-bond acceptors (Lipinski definition) is 0. The van der Waals surface area contributed by atoms with Gasteiger partial charge in [0, 0.05) is 0 Å². The molecule has 0 bridgehead atoms. The smallest absolute Gasteiger partial charge is 0.0226 e. The van der Waals surface area contributed by atoms with Crippen molar-refractivity contribution in [1.82, 2.24) is 0 Å². The molecule has 0 fully saturated rings. The first-order valence-electron chi connectivity index (χ1n) is 5.92. The van der Waals surface area contributed by atoms with Crippen molar-refractivity contribution in [3.8, 4) is 0 Å². The van der Waals surface area contributed by atoms with Crippen LogP contribution in [0.4, 0.5) is 0 Å². The molecular formula is C14H30. The molecule has 0 aliphatic rings. The fourth-order valence-electron chi connectivity index (χ4n) is 2.55. The molecule has 0 saturated carbocycles. The lowest BCUT2D eigenvalue weighted by Crippen LogP contribution is -2.44. The topological polar surface area (TPSA) is 0 Å². The molecule has 0 aliphatic heterocycles. The zero-order chi connectivity index (χ0) is 11.8. The highest BCUT2D eigenvalue weighted by Gasteiger charge is 2.46. The SMILES string of the molecule is CC(C)CC(C)(C(C)(C)C)C(C)(C)C. The molecule has 0 atom stereocenters. The van der Waals surface area contributed by atoms with Gasteiger partial charge >= 0.3 is 0 Å². The van der Waals surface area contributed by atoms with Crippen molar-refractivity contribution >= 4 is 0 Å². The average molecular weight is 198 g/mol. The van der Waals surface area contributed by atoms with Gasteiger partial charge in [0.2, 0.25) is 0 Å². The van der Waals surface area contributed by atoms with Crippen LogP contribution in [0.1, 0.15) is 68.7 Å². The second-order valence-corrected chi connectivity index (χ2v) is 7.43. The van der Waals surface area contributed by atoms with Crippen LogP contribution in [0.5, 0.6) is 0 Å². The Balaban J connectivity index is 5.07. The summed E-state index contributed by atoms with van der Waals surface area (Å²) in [6.45, 7) is 21.4. The predicted octanol–water partition coefficient (Wildman–Crippen LogP) is 5.13. The molecule has 0 unspecified atom stereocenters. The van der Waals surface area contributed by atoms with Gasteiger partial charge in [-0.2, -0.15) is 0 Å². The summed E-state index contributed by atoms with van der Waals surface area (Å²) in [5.41, 5.74) is 1.14.